The van der Waals surface area contributed by atoms with Crippen LogP contribution >= 0.6 is 11.6 Å². The predicted octanol–water partition coefficient (Wildman–Crippen LogP) is 5.19. The first-order valence-corrected chi connectivity index (χ1v) is 11.2. The van der Waals surface area contributed by atoms with E-state index in [9.17, 15) is 14.4 Å². The number of nitrogens with zero attached hydrogens (tertiary/aromatic N) is 1. The normalized spacial score (nSPS) is 14.7. The summed E-state index contributed by atoms with van der Waals surface area (Å²) in [5, 5.41) is 1.48. The van der Waals surface area contributed by atoms with E-state index in [1.165, 1.54) is 11.1 Å². The number of hydrogen-bond acceptors (Lipinski definition) is 5. The van der Waals surface area contributed by atoms with Gasteiger partial charge in [0.25, 0.3) is 11.8 Å². The first-order chi connectivity index (χ1) is 16.3. The fraction of sp³-hybridized carbons (Fsp3) is 0.192. The molecule has 0 saturated carbocycles. The zero-order chi connectivity index (χ0) is 24.4. The molecule has 3 aromatic rings. The van der Waals surface area contributed by atoms with Crippen molar-refractivity contribution in [1.82, 2.24) is 5.43 Å². The Labute approximate surface area is 201 Å². The summed E-state index contributed by atoms with van der Waals surface area (Å²) in [5.41, 5.74) is 5.05. The number of carbonyl (C=O) groups excluding carboxylic acids is 3. The van der Waals surface area contributed by atoms with E-state index in [1.54, 1.807) is 56.3 Å². The number of carbonyl (C=O) groups is 3. The van der Waals surface area contributed by atoms with Crippen molar-refractivity contribution >= 4 is 41.1 Å². The van der Waals surface area contributed by atoms with Gasteiger partial charge in [0.05, 0.1) is 22.4 Å². The van der Waals surface area contributed by atoms with Crippen LogP contribution in [0.3, 0.4) is 0 Å². The number of amides is 2. The second kappa shape index (κ2) is 9.57. The van der Waals surface area contributed by atoms with Crippen LogP contribution < -0.4 is 10.4 Å². The third-order valence-electron chi connectivity index (χ3n) is 5.22. The van der Waals surface area contributed by atoms with Crippen LogP contribution in [-0.4, -0.2) is 23.9 Å². The molecule has 2 aromatic carbocycles. The van der Waals surface area contributed by atoms with Gasteiger partial charge in [0.15, 0.2) is 0 Å². The van der Waals surface area contributed by atoms with Gasteiger partial charge in [0, 0.05) is 5.56 Å². The van der Waals surface area contributed by atoms with E-state index in [0.29, 0.717) is 22.8 Å². The Morgan fingerprint density at radius 1 is 1.12 bits per heavy atom. The molecule has 0 bridgehead atoms. The SMILES string of the molecule is CCc1ccc(N2NC(=O)/C(=C/c3ccc(-c4ccc(Cl)c(C(=O)OC(C)C)c4)o3)C2=O)cc1. The van der Waals surface area contributed by atoms with Crippen molar-refractivity contribution in [3.63, 3.8) is 0 Å². The van der Waals surface area contributed by atoms with Crippen molar-refractivity contribution in [2.45, 2.75) is 33.3 Å². The first-order valence-electron chi connectivity index (χ1n) is 10.8. The molecule has 1 aliphatic heterocycles. The van der Waals surface area contributed by atoms with E-state index in [0.717, 1.165) is 12.0 Å². The van der Waals surface area contributed by atoms with Crippen LogP contribution in [-0.2, 0) is 20.7 Å². The van der Waals surface area contributed by atoms with E-state index in [2.05, 4.69) is 5.43 Å². The van der Waals surface area contributed by atoms with E-state index >= 15 is 0 Å². The highest BCUT2D eigenvalue weighted by atomic mass is 35.5. The molecule has 2 amide bonds. The summed E-state index contributed by atoms with van der Waals surface area (Å²) in [4.78, 5) is 37.6. The molecule has 4 rings (SSSR count). The maximum atomic E-state index is 12.9. The van der Waals surface area contributed by atoms with Crippen LogP contribution in [0.5, 0.6) is 0 Å². The van der Waals surface area contributed by atoms with Gasteiger partial charge in [0.1, 0.15) is 17.1 Å². The topological polar surface area (TPSA) is 88.8 Å². The number of hydrogen-bond donors (Lipinski definition) is 1. The zero-order valence-corrected chi connectivity index (χ0v) is 19.7. The van der Waals surface area contributed by atoms with Crippen LogP contribution in [0, 0.1) is 0 Å². The van der Waals surface area contributed by atoms with Crippen molar-refractivity contribution in [1.29, 1.82) is 0 Å². The number of hydrazine groups is 1. The lowest BCUT2D eigenvalue weighted by atomic mass is 10.1. The van der Waals surface area contributed by atoms with Gasteiger partial charge in [-0.05, 0) is 74.4 Å². The molecule has 174 valence electrons. The molecule has 2 heterocycles. The molecule has 1 aliphatic rings. The lowest BCUT2D eigenvalue weighted by Crippen LogP contribution is -2.35. The quantitative estimate of drug-likeness (QED) is 0.299. The van der Waals surface area contributed by atoms with E-state index in [1.807, 2.05) is 19.1 Å². The molecule has 7 nitrogen and oxygen atoms in total. The number of furan rings is 1. The molecule has 0 spiro atoms. The third kappa shape index (κ3) is 4.75. The van der Waals surface area contributed by atoms with Gasteiger partial charge in [-0.3, -0.25) is 15.0 Å². The van der Waals surface area contributed by atoms with Crippen LogP contribution in [0.25, 0.3) is 17.4 Å². The van der Waals surface area contributed by atoms with Crippen molar-refractivity contribution in [2.75, 3.05) is 5.01 Å². The number of anilines is 1. The van der Waals surface area contributed by atoms with Crippen LogP contribution in [0.1, 0.15) is 42.5 Å². The van der Waals surface area contributed by atoms with E-state index in [-0.39, 0.29) is 22.3 Å². The Hall–Kier alpha value is -3.84. The average Bonchev–Trinajstić information content (AvgIpc) is 3.39. The summed E-state index contributed by atoms with van der Waals surface area (Å²) in [7, 11) is 0. The second-order valence-corrected chi connectivity index (χ2v) is 8.42. The summed E-state index contributed by atoms with van der Waals surface area (Å²) in [5.74, 6) is -0.765. The molecular formula is C26H23ClN2O5. The van der Waals surface area contributed by atoms with Crippen molar-refractivity contribution in [2.24, 2.45) is 0 Å². The molecule has 8 heteroatoms. The van der Waals surface area contributed by atoms with Crippen molar-refractivity contribution in [3.05, 3.63) is 82.1 Å². The Morgan fingerprint density at radius 2 is 1.85 bits per heavy atom. The van der Waals surface area contributed by atoms with Gasteiger partial charge in [-0.15, -0.1) is 0 Å². The van der Waals surface area contributed by atoms with Crippen molar-refractivity contribution < 1.29 is 23.5 Å². The number of esters is 1. The summed E-state index contributed by atoms with van der Waals surface area (Å²) in [6, 6.07) is 15.6. The number of ether oxygens (including phenoxy) is 1. The molecule has 0 aliphatic carbocycles. The average molecular weight is 479 g/mol. The fourth-order valence-electron chi connectivity index (χ4n) is 3.46. The maximum absolute atomic E-state index is 12.9. The van der Waals surface area contributed by atoms with Gasteiger partial charge < -0.3 is 9.15 Å². The van der Waals surface area contributed by atoms with Crippen LogP contribution in [0.2, 0.25) is 5.02 Å². The van der Waals surface area contributed by atoms with Gasteiger partial charge >= 0.3 is 5.97 Å². The monoisotopic (exact) mass is 478 g/mol. The number of nitrogens with one attached hydrogen (secondary N) is 1. The summed E-state index contributed by atoms with van der Waals surface area (Å²) < 4.78 is 11.1. The summed E-state index contributed by atoms with van der Waals surface area (Å²) in [6.07, 6.45) is 1.99. The molecule has 0 unspecified atom stereocenters. The number of halogens is 1. The standard InChI is InChI=1S/C26H23ClN2O5/c1-4-16-5-8-18(9-6-16)29-25(31)21(24(30)28-29)14-19-10-12-23(34-19)17-7-11-22(27)20(13-17)26(32)33-15(2)3/h5-15H,4H2,1-3H3,(H,28,30)/b21-14-. The molecule has 34 heavy (non-hydrogen) atoms. The molecule has 1 saturated heterocycles. The number of aryl methyl sites for hydroxylation is 1. The largest absolute Gasteiger partial charge is 0.459 e. The van der Waals surface area contributed by atoms with Gasteiger partial charge in [0.2, 0.25) is 0 Å². The molecular weight excluding hydrogens is 456 g/mol. The molecule has 1 aromatic heterocycles. The van der Waals surface area contributed by atoms with Gasteiger partial charge in [-0.25, -0.2) is 9.80 Å². The molecule has 1 N–H and O–H groups in total. The van der Waals surface area contributed by atoms with E-state index in [4.69, 9.17) is 20.8 Å². The highest BCUT2D eigenvalue weighted by Crippen LogP contribution is 2.29. The molecule has 0 atom stereocenters. The highest BCUT2D eigenvalue weighted by molar-refractivity contribution is 6.33. The fourth-order valence-corrected chi connectivity index (χ4v) is 3.65. The highest BCUT2D eigenvalue weighted by Gasteiger charge is 2.34. The minimum atomic E-state index is -0.531. The summed E-state index contributed by atoms with van der Waals surface area (Å²) in [6.45, 7) is 5.55. The third-order valence-corrected chi connectivity index (χ3v) is 5.55. The zero-order valence-electron chi connectivity index (χ0n) is 18.9. The summed E-state index contributed by atoms with van der Waals surface area (Å²) >= 11 is 6.17. The van der Waals surface area contributed by atoms with E-state index < -0.39 is 17.8 Å². The smallest absolute Gasteiger partial charge is 0.339 e. The Balaban J connectivity index is 1.57. The number of rotatable bonds is 6. The van der Waals surface area contributed by atoms with Gasteiger partial charge in [-0.1, -0.05) is 30.7 Å². The lowest BCUT2D eigenvalue weighted by molar-refractivity contribution is -0.117. The van der Waals surface area contributed by atoms with Crippen LogP contribution in [0.15, 0.2) is 64.6 Å². The Kier molecular flexibility index (Phi) is 6.56. The number of benzene rings is 2. The molecule has 0 radical (unpaired) electrons. The van der Waals surface area contributed by atoms with Crippen molar-refractivity contribution in [3.8, 4) is 11.3 Å². The van der Waals surface area contributed by atoms with Gasteiger partial charge in [-0.2, -0.15) is 0 Å². The molecule has 1 fully saturated rings. The second-order valence-electron chi connectivity index (χ2n) is 8.01. The van der Waals surface area contributed by atoms with Crippen LogP contribution in [0.4, 0.5) is 5.69 Å². The Morgan fingerprint density at radius 3 is 2.53 bits per heavy atom. The lowest BCUT2D eigenvalue weighted by Gasteiger charge is -2.14. The predicted molar refractivity (Wildman–Crippen MR) is 129 cm³/mol. The minimum Gasteiger partial charge on any atom is -0.459 e. The maximum Gasteiger partial charge on any atom is 0.339 e. The Bertz CT molecular complexity index is 1290. The first kappa shape index (κ1) is 23.3. The minimum absolute atomic E-state index is 0.0437.